The van der Waals surface area contributed by atoms with E-state index in [1.165, 1.54) is 10.2 Å². The molecule has 1 atom stereocenters. The summed E-state index contributed by atoms with van der Waals surface area (Å²) in [5.41, 5.74) is 2.33. The van der Waals surface area contributed by atoms with E-state index in [9.17, 15) is 8.42 Å². The standard InChI is InChI=1S/C24H32N6O2S/c1-19(2)23(29-15-13-28(14-16-29)17-21-7-5-4-6-8-21)24-25-26-27-30(24)18-33(31,32)22-11-9-20(3)10-12-22/h4-12,19,23H,13-18H2,1-3H3. The first-order chi connectivity index (χ1) is 15.8. The summed E-state index contributed by atoms with van der Waals surface area (Å²) in [4.78, 5) is 5.12. The van der Waals surface area contributed by atoms with Crippen molar-refractivity contribution in [2.75, 3.05) is 26.2 Å². The number of tetrazole rings is 1. The zero-order valence-corrected chi connectivity index (χ0v) is 20.3. The van der Waals surface area contributed by atoms with Crippen molar-refractivity contribution >= 4 is 9.84 Å². The van der Waals surface area contributed by atoms with Crippen molar-refractivity contribution < 1.29 is 8.42 Å². The molecule has 33 heavy (non-hydrogen) atoms. The second-order valence-electron chi connectivity index (χ2n) is 9.08. The molecule has 0 aliphatic carbocycles. The van der Waals surface area contributed by atoms with E-state index in [-0.39, 0.29) is 22.7 Å². The van der Waals surface area contributed by atoms with Gasteiger partial charge in [0.1, 0.15) is 0 Å². The van der Waals surface area contributed by atoms with Gasteiger partial charge in [-0.15, -0.1) is 5.10 Å². The number of aromatic nitrogens is 4. The molecular formula is C24H32N6O2S. The molecule has 0 saturated carbocycles. The Morgan fingerprint density at radius 2 is 1.61 bits per heavy atom. The summed E-state index contributed by atoms with van der Waals surface area (Å²) < 4.78 is 27.5. The third kappa shape index (κ3) is 5.66. The molecule has 176 valence electrons. The lowest BCUT2D eigenvalue weighted by Gasteiger charge is -2.40. The van der Waals surface area contributed by atoms with E-state index < -0.39 is 9.84 Å². The first-order valence-corrected chi connectivity index (χ1v) is 13.0. The van der Waals surface area contributed by atoms with Crippen LogP contribution in [0.25, 0.3) is 0 Å². The maximum Gasteiger partial charge on any atom is 0.198 e. The Balaban J connectivity index is 1.47. The normalized spacial score (nSPS) is 16.8. The van der Waals surface area contributed by atoms with Gasteiger partial charge < -0.3 is 0 Å². The molecule has 1 aliphatic rings. The molecule has 1 aliphatic heterocycles. The van der Waals surface area contributed by atoms with Gasteiger partial charge in [-0.1, -0.05) is 61.9 Å². The fraction of sp³-hybridized carbons (Fsp3) is 0.458. The highest BCUT2D eigenvalue weighted by Gasteiger charge is 2.32. The van der Waals surface area contributed by atoms with Crippen molar-refractivity contribution in [3.63, 3.8) is 0 Å². The molecule has 0 bridgehead atoms. The molecule has 1 fully saturated rings. The lowest BCUT2D eigenvalue weighted by Crippen LogP contribution is -2.48. The molecule has 0 radical (unpaired) electrons. The van der Waals surface area contributed by atoms with Crippen LogP contribution in [0, 0.1) is 12.8 Å². The third-order valence-electron chi connectivity index (χ3n) is 6.18. The van der Waals surface area contributed by atoms with Crippen molar-refractivity contribution in [1.82, 2.24) is 30.0 Å². The fourth-order valence-corrected chi connectivity index (χ4v) is 5.63. The zero-order chi connectivity index (χ0) is 23.4. The van der Waals surface area contributed by atoms with Crippen LogP contribution in [0.5, 0.6) is 0 Å². The van der Waals surface area contributed by atoms with Gasteiger partial charge in [0.05, 0.1) is 10.9 Å². The van der Waals surface area contributed by atoms with E-state index in [2.05, 4.69) is 63.4 Å². The predicted molar refractivity (Wildman–Crippen MR) is 127 cm³/mol. The summed E-state index contributed by atoms with van der Waals surface area (Å²) in [5, 5.41) is 12.2. The number of nitrogens with zero attached hydrogens (tertiary/aromatic N) is 6. The maximum atomic E-state index is 13.0. The van der Waals surface area contributed by atoms with Crippen LogP contribution in [0.4, 0.5) is 0 Å². The van der Waals surface area contributed by atoms with Gasteiger partial charge in [0.25, 0.3) is 0 Å². The number of hydrogen-bond donors (Lipinski definition) is 0. The smallest absolute Gasteiger partial charge is 0.198 e. The Morgan fingerprint density at radius 3 is 2.24 bits per heavy atom. The molecule has 1 aromatic heterocycles. The number of benzene rings is 2. The summed E-state index contributed by atoms with van der Waals surface area (Å²) in [6.45, 7) is 10.8. The first-order valence-electron chi connectivity index (χ1n) is 11.4. The molecule has 8 nitrogen and oxygen atoms in total. The van der Waals surface area contributed by atoms with E-state index in [0.717, 1.165) is 38.3 Å². The molecule has 3 aromatic rings. The van der Waals surface area contributed by atoms with Gasteiger partial charge in [-0.05, 0) is 41.0 Å². The minimum Gasteiger partial charge on any atom is -0.297 e. The van der Waals surface area contributed by atoms with Crippen molar-refractivity contribution in [3.8, 4) is 0 Å². The molecule has 4 rings (SSSR count). The average molecular weight is 469 g/mol. The number of hydrogen-bond acceptors (Lipinski definition) is 7. The summed E-state index contributed by atoms with van der Waals surface area (Å²) in [6.07, 6.45) is 0. The van der Waals surface area contributed by atoms with Crippen LogP contribution in [0.2, 0.25) is 0 Å². The number of aryl methyl sites for hydroxylation is 1. The molecule has 0 amide bonds. The van der Waals surface area contributed by atoms with E-state index in [1.54, 1.807) is 24.3 Å². The van der Waals surface area contributed by atoms with Crippen LogP contribution >= 0.6 is 0 Å². The molecule has 2 aromatic carbocycles. The Hall–Kier alpha value is -2.62. The summed E-state index contributed by atoms with van der Waals surface area (Å²) >= 11 is 0. The molecule has 1 unspecified atom stereocenters. The van der Waals surface area contributed by atoms with E-state index in [4.69, 9.17) is 0 Å². The highest BCUT2D eigenvalue weighted by Crippen LogP contribution is 2.29. The number of sulfone groups is 1. The maximum absolute atomic E-state index is 13.0. The summed E-state index contributed by atoms with van der Waals surface area (Å²) in [6, 6.07) is 17.3. The number of rotatable bonds is 8. The van der Waals surface area contributed by atoms with E-state index in [1.807, 2.05) is 13.0 Å². The van der Waals surface area contributed by atoms with Crippen molar-refractivity contribution in [3.05, 3.63) is 71.5 Å². The SMILES string of the molecule is Cc1ccc(S(=O)(=O)Cn2nnnc2C(C(C)C)N2CCN(Cc3ccccc3)CC2)cc1. The lowest BCUT2D eigenvalue weighted by molar-refractivity contribution is 0.0666. The van der Waals surface area contributed by atoms with Crippen molar-refractivity contribution in [2.24, 2.45) is 5.92 Å². The summed E-state index contributed by atoms with van der Waals surface area (Å²) in [5.74, 6) is 0.574. The van der Waals surface area contributed by atoms with Crippen LogP contribution in [0.15, 0.2) is 59.5 Å². The minimum absolute atomic E-state index is 0.0490. The van der Waals surface area contributed by atoms with Crippen LogP contribution in [0.1, 0.15) is 36.8 Å². The molecule has 0 N–H and O–H groups in total. The second-order valence-corrected chi connectivity index (χ2v) is 11.0. The lowest BCUT2D eigenvalue weighted by atomic mass is 10.0. The summed E-state index contributed by atoms with van der Waals surface area (Å²) in [7, 11) is -3.56. The highest BCUT2D eigenvalue weighted by molar-refractivity contribution is 7.90. The van der Waals surface area contributed by atoms with Crippen LogP contribution in [-0.4, -0.2) is 64.6 Å². The van der Waals surface area contributed by atoms with Gasteiger partial charge in [-0.3, -0.25) is 9.80 Å². The second kappa shape index (κ2) is 10.1. The van der Waals surface area contributed by atoms with Gasteiger partial charge in [0.15, 0.2) is 21.5 Å². The first kappa shape index (κ1) is 23.5. The Bertz CT molecular complexity index is 1140. The predicted octanol–water partition coefficient (Wildman–Crippen LogP) is 2.93. The molecular weight excluding hydrogens is 436 g/mol. The van der Waals surface area contributed by atoms with Crippen LogP contribution < -0.4 is 0 Å². The monoisotopic (exact) mass is 468 g/mol. The molecule has 0 spiro atoms. The van der Waals surface area contributed by atoms with Gasteiger partial charge in [0.2, 0.25) is 0 Å². The highest BCUT2D eigenvalue weighted by atomic mass is 32.2. The number of piperazine rings is 1. The Morgan fingerprint density at radius 1 is 0.939 bits per heavy atom. The van der Waals surface area contributed by atoms with Crippen LogP contribution in [0.3, 0.4) is 0 Å². The fourth-order valence-electron chi connectivity index (χ4n) is 4.42. The van der Waals surface area contributed by atoms with E-state index in [0.29, 0.717) is 5.82 Å². The molecule has 1 saturated heterocycles. The topological polar surface area (TPSA) is 84.2 Å². The van der Waals surface area contributed by atoms with Gasteiger partial charge >= 0.3 is 0 Å². The zero-order valence-electron chi connectivity index (χ0n) is 19.5. The van der Waals surface area contributed by atoms with Crippen molar-refractivity contribution in [2.45, 2.75) is 44.1 Å². The van der Waals surface area contributed by atoms with Gasteiger partial charge in [-0.2, -0.15) is 0 Å². The third-order valence-corrected chi connectivity index (χ3v) is 7.75. The molecule has 9 heteroatoms. The minimum atomic E-state index is -3.56. The molecule has 2 heterocycles. The quantitative estimate of drug-likeness (QED) is 0.503. The average Bonchev–Trinajstić information content (AvgIpc) is 3.22. The Kier molecular flexibility index (Phi) is 7.21. The largest absolute Gasteiger partial charge is 0.297 e. The Labute approximate surface area is 196 Å². The van der Waals surface area contributed by atoms with Crippen molar-refractivity contribution in [1.29, 1.82) is 0 Å². The van der Waals surface area contributed by atoms with E-state index >= 15 is 0 Å². The van der Waals surface area contributed by atoms with Crippen LogP contribution in [-0.2, 0) is 22.3 Å². The van der Waals surface area contributed by atoms with Gasteiger partial charge in [0, 0.05) is 32.7 Å². The van der Waals surface area contributed by atoms with Gasteiger partial charge in [-0.25, -0.2) is 13.1 Å².